The van der Waals surface area contributed by atoms with Crippen molar-refractivity contribution in [1.82, 2.24) is 9.97 Å². The number of carbonyl (C=O) groups excluding carboxylic acids is 1. The molecule has 1 unspecified atom stereocenters. The van der Waals surface area contributed by atoms with Gasteiger partial charge in [0.2, 0.25) is 11.9 Å². The van der Waals surface area contributed by atoms with Crippen molar-refractivity contribution in [2.75, 3.05) is 22.5 Å². The van der Waals surface area contributed by atoms with Gasteiger partial charge >= 0.3 is 0 Å². The highest BCUT2D eigenvalue weighted by molar-refractivity contribution is 9.09. The molecule has 1 aliphatic heterocycles. The van der Waals surface area contributed by atoms with Crippen molar-refractivity contribution >= 4 is 33.6 Å². The number of alkyl halides is 1. The highest BCUT2D eigenvalue weighted by Crippen LogP contribution is 2.24. The summed E-state index contributed by atoms with van der Waals surface area (Å²) in [6.45, 7) is 0.579. The van der Waals surface area contributed by atoms with Crippen LogP contribution < -0.4 is 10.6 Å². The predicted octanol–water partition coefficient (Wildman–Crippen LogP) is 0.678. The lowest BCUT2D eigenvalue weighted by Gasteiger charge is -2.14. The molecule has 0 bridgehead atoms. The van der Waals surface area contributed by atoms with Gasteiger partial charge in [-0.15, -0.1) is 0 Å². The summed E-state index contributed by atoms with van der Waals surface area (Å²) in [4.78, 5) is 21.2. The van der Waals surface area contributed by atoms with Crippen LogP contribution in [0, 0.1) is 17.2 Å². The Morgan fingerprint density at radius 2 is 2.47 bits per heavy atom. The minimum Gasteiger partial charge on any atom is -0.382 e. The first kappa shape index (κ1) is 11.8. The van der Waals surface area contributed by atoms with Crippen LogP contribution in [0.25, 0.3) is 0 Å². The van der Waals surface area contributed by atoms with Gasteiger partial charge in [0.25, 0.3) is 0 Å². The van der Waals surface area contributed by atoms with Crippen LogP contribution in [-0.4, -0.2) is 27.7 Å². The van der Waals surface area contributed by atoms with Gasteiger partial charge in [0.05, 0.1) is 6.20 Å². The van der Waals surface area contributed by atoms with E-state index in [1.807, 2.05) is 6.07 Å². The van der Waals surface area contributed by atoms with E-state index in [-0.39, 0.29) is 29.2 Å². The monoisotopic (exact) mass is 295 g/mol. The standard InChI is InChI=1S/C10H10BrN5O/c11-2-6-1-8(17)16(5-6)10-14-4-7(3-12)9(13)15-10/h4,6H,1-2,5H2,(H2,13,14,15). The van der Waals surface area contributed by atoms with Gasteiger partial charge in [-0.2, -0.15) is 10.2 Å². The Labute approximate surface area is 107 Å². The Morgan fingerprint density at radius 3 is 3.00 bits per heavy atom. The molecule has 0 saturated carbocycles. The van der Waals surface area contributed by atoms with Gasteiger partial charge in [0.1, 0.15) is 17.5 Å². The molecule has 1 aromatic heterocycles. The fourth-order valence-electron chi connectivity index (χ4n) is 1.68. The van der Waals surface area contributed by atoms with Crippen molar-refractivity contribution in [3.8, 4) is 6.07 Å². The highest BCUT2D eigenvalue weighted by atomic mass is 79.9. The minimum atomic E-state index is -0.0152. The molecular formula is C10H10BrN5O. The Kier molecular flexibility index (Phi) is 3.24. The van der Waals surface area contributed by atoms with Crippen LogP contribution in [0.3, 0.4) is 0 Å². The molecule has 0 spiro atoms. The molecule has 6 nitrogen and oxygen atoms in total. The molecule has 0 radical (unpaired) electrons. The summed E-state index contributed by atoms with van der Waals surface area (Å²) < 4.78 is 0. The zero-order valence-corrected chi connectivity index (χ0v) is 10.5. The molecule has 1 aromatic rings. The van der Waals surface area contributed by atoms with E-state index in [2.05, 4.69) is 25.9 Å². The second-order valence-electron chi connectivity index (χ2n) is 3.81. The van der Waals surface area contributed by atoms with E-state index in [1.165, 1.54) is 11.1 Å². The van der Waals surface area contributed by atoms with Crippen LogP contribution in [-0.2, 0) is 4.79 Å². The van der Waals surface area contributed by atoms with Crippen LogP contribution in [0.2, 0.25) is 0 Å². The largest absolute Gasteiger partial charge is 0.382 e. The SMILES string of the molecule is N#Cc1cnc(N2CC(CBr)CC2=O)nc1N. The number of halogens is 1. The average Bonchev–Trinajstić information content (AvgIpc) is 2.70. The van der Waals surface area contributed by atoms with E-state index < -0.39 is 0 Å². The van der Waals surface area contributed by atoms with E-state index in [1.54, 1.807) is 0 Å². The number of nitrogens with zero attached hydrogens (tertiary/aromatic N) is 4. The van der Waals surface area contributed by atoms with Gasteiger partial charge in [-0.1, -0.05) is 15.9 Å². The number of aromatic nitrogens is 2. The van der Waals surface area contributed by atoms with Crippen LogP contribution in [0.1, 0.15) is 12.0 Å². The van der Waals surface area contributed by atoms with Crippen molar-refractivity contribution in [3.05, 3.63) is 11.8 Å². The Bertz CT molecular complexity index is 498. The third kappa shape index (κ3) is 2.22. The van der Waals surface area contributed by atoms with E-state index in [4.69, 9.17) is 11.0 Å². The molecular weight excluding hydrogens is 286 g/mol. The molecule has 17 heavy (non-hydrogen) atoms. The second-order valence-corrected chi connectivity index (χ2v) is 4.46. The predicted molar refractivity (Wildman–Crippen MR) is 65.4 cm³/mol. The van der Waals surface area contributed by atoms with Crippen LogP contribution >= 0.6 is 15.9 Å². The quantitative estimate of drug-likeness (QED) is 0.809. The topological polar surface area (TPSA) is 95.9 Å². The molecule has 1 fully saturated rings. The second kappa shape index (κ2) is 4.67. The molecule has 1 saturated heterocycles. The van der Waals surface area contributed by atoms with Crippen molar-refractivity contribution in [3.63, 3.8) is 0 Å². The van der Waals surface area contributed by atoms with E-state index >= 15 is 0 Å². The summed E-state index contributed by atoms with van der Waals surface area (Å²) in [6.07, 6.45) is 1.82. The number of amides is 1. The number of hydrogen-bond acceptors (Lipinski definition) is 5. The summed E-state index contributed by atoms with van der Waals surface area (Å²) in [5, 5.41) is 9.47. The van der Waals surface area contributed by atoms with Crippen LogP contribution in [0.15, 0.2) is 6.20 Å². The smallest absolute Gasteiger partial charge is 0.234 e. The molecule has 1 atom stereocenters. The lowest BCUT2D eigenvalue weighted by Crippen LogP contribution is -2.27. The van der Waals surface area contributed by atoms with Gasteiger partial charge in [-0.05, 0) is 5.92 Å². The van der Waals surface area contributed by atoms with Gasteiger partial charge < -0.3 is 5.73 Å². The van der Waals surface area contributed by atoms with E-state index in [0.29, 0.717) is 13.0 Å². The van der Waals surface area contributed by atoms with Gasteiger partial charge in [0, 0.05) is 18.3 Å². The van der Waals surface area contributed by atoms with E-state index in [0.717, 1.165) is 5.33 Å². The number of nitrogen functional groups attached to an aromatic ring is 1. The molecule has 2 heterocycles. The zero-order chi connectivity index (χ0) is 12.4. The van der Waals surface area contributed by atoms with Gasteiger partial charge in [0.15, 0.2) is 0 Å². The van der Waals surface area contributed by atoms with Gasteiger partial charge in [-0.3, -0.25) is 9.69 Å². The van der Waals surface area contributed by atoms with Crippen molar-refractivity contribution in [2.45, 2.75) is 6.42 Å². The zero-order valence-electron chi connectivity index (χ0n) is 8.93. The van der Waals surface area contributed by atoms with Crippen molar-refractivity contribution < 1.29 is 4.79 Å². The summed E-state index contributed by atoms with van der Waals surface area (Å²) in [5.41, 5.74) is 5.81. The molecule has 88 valence electrons. The molecule has 1 aliphatic rings. The fourth-order valence-corrected chi connectivity index (χ4v) is 2.11. The first-order valence-electron chi connectivity index (χ1n) is 5.04. The number of nitriles is 1. The minimum absolute atomic E-state index is 0.0152. The normalized spacial score (nSPS) is 19.4. The summed E-state index contributed by atoms with van der Waals surface area (Å²) in [6, 6.07) is 1.88. The van der Waals surface area contributed by atoms with Crippen molar-refractivity contribution in [2.24, 2.45) is 5.92 Å². The number of anilines is 2. The molecule has 1 amide bonds. The number of nitrogens with two attached hydrogens (primary N) is 1. The maximum Gasteiger partial charge on any atom is 0.234 e. The van der Waals surface area contributed by atoms with Crippen LogP contribution in [0.5, 0.6) is 0 Å². The lowest BCUT2D eigenvalue weighted by atomic mass is 10.2. The number of carbonyl (C=O) groups is 1. The van der Waals surface area contributed by atoms with Gasteiger partial charge in [-0.25, -0.2) is 4.98 Å². The Hall–Kier alpha value is -1.68. The average molecular weight is 296 g/mol. The molecule has 7 heteroatoms. The van der Waals surface area contributed by atoms with Crippen LogP contribution in [0.4, 0.5) is 11.8 Å². The lowest BCUT2D eigenvalue weighted by molar-refractivity contribution is -0.117. The fraction of sp³-hybridized carbons (Fsp3) is 0.400. The molecule has 2 rings (SSSR count). The maximum absolute atomic E-state index is 11.7. The van der Waals surface area contributed by atoms with Crippen molar-refractivity contribution in [1.29, 1.82) is 5.26 Å². The number of rotatable bonds is 2. The third-order valence-electron chi connectivity index (χ3n) is 2.59. The highest BCUT2D eigenvalue weighted by Gasteiger charge is 2.31. The third-order valence-corrected chi connectivity index (χ3v) is 3.51. The Balaban J connectivity index is 2.27. The summed E-state index contributed by atoms with van der Waals surface area (Å²) >= 11 is 3.35. The summed E-state index contributed by atoms with van der Waals surface area (Å²) in [7, 11) is 0. The molecule has 2 N–H and O–H groups in total. The maximum atomic E-state index is 11.7. The first-order chi connectivity index (χ1) is 8.15. The number of hydrogen-bond donors (Lipinski definition) is 1. The summed E-state index contributed by atoms with van der Waals surface area (Å²) in [5.74, 6) is 0.629. The molecule has 0 aliphatic carbocycles. The van der Waals surface area contributed by atoms with E-state index in [9.17, 15) is 4.79 Å². The Morgan fingerprint density at radius 1 is 1.71 bits per heavy atom. The molecule has 0 aromatic carbocycles. The first-order valence-corrected chi connectivity index (χ1v) is 6.16.